The molecule has 224 valence electrons. The van der Waals surface area contributed by atoms with Gasteiger partial charge in [-0.25, -0.2) is 0 Å². The van der Waals surface area contributed by atoms with E-state index in [1.807, 2.05) is 0 Å². The van der Waals surface area contributed by atoms with Gasteiger partial charge in [-0.1, -0.05) is 52.3 Å². The van der Waals surface area contributed by atoms with Crippen molar-refractivity contribution >= 4 is 16.4 Å². The molecule has 0 radical (unpaired) electrons. The zero-order valence-corrected chi connectivity index (χ0v) is 19.6. The lowest BCUT2D eigenvalue weighted by atomic mass is 9.85. The summed E-state index contributed by atoms with van der Waals surface area (Å²) in [5, 5.41) is 0.710. The highest BCUT2D eigenvalue weighted by molar-refractivity contribution is 8.46. The zero-order chi connectivity index (χ0) is 30.9. The number of rotatable bonds is 9. The van der Waals surface area contributed by atoms with Crippen LogP contribution in [0.3, 0.4) is 0 Å². The molecule has 1 aromatic carbocycles. The van der Waals surface area contributed by atoms with Crippen molar-refractivity contribution in [3.8, 4) is 5.75 Å². The lowest BCUT2D eigenvalue weighted by Gasteiger charge is -2.50. The van der Waals surface area contributed by atoms with Crippen molar-refractivity contribution in [1.29, 1.82) is 0 Å². The molecule has 0 saturated carbocycles. The molecule has 2 nitrogen and oxygen atoms in total. The van der Waals surface area contributed by atoms with Crippen molar-refractivity contribution in [1.82, 2.24) is 0 Å². The Hall–Kier alpha value is -2.15. The van der Waals surface area contributed by atoms with Gasteiger partial charge in [0.25, 0.3) is 0 Å². The number of nitrogens with zero attached hydrogens (tertiary/aromatic N) is 1. The zero-order valence-electron chi connectivity index (χ0n) is 18.7. The summed E-state index contributed by atoms with van der Waals surface area (Å²) in [5.41, 5.74) is -1.28. The Morgan fingerprint density at radius 2 is 1.13 bits per heavy atom. The van der Waals surface area contributed by atoms with Crippen LogP contribution in [0, 0.1) is 0 Å². The summed E-state index contributed by atoms with van der Waals surface area (Å²) in [6.45, 7) is 1.56. The maximum atomic E-state index is 13.8. The highest BCUT2D eigenvalue weighted by atomic mass is 32.5. The molecule has 0 aliphatic heterocycles. The molecule has 0 aromatic heterocycles. The van der Waals surface area contributed by atoms with Crippen molar-refractivity contribution in [2.45, 2.75) is 61.1 Å². The molecule has 0 unspecified atom stereocenters. The third-order valence-corrected chi connectivity index (χ3v) is 6.11. The number of aromatic hydroxyl groups is 1. The lowest BCUT2D eigenvalue weighted by molar-refractivity contribution is -0.417. The maximum Gasteiger partial charge on any atom is 0.450 e. The van der Waals surface area contributed by atoms with E-state index < -0.39 is 68.4 Å². The van der Waals surface area contributed by atoms with Gasteiger partial charge in [-0.05, 0) is 17.0 Å². The SMILES string of the molecule is CC(C)(C)c1cccc(C=NCC(F)(F)C(F)(F)C(F)(F)C(F)(F)C(F)(F)C(F)(F)S(F)(F)(F)(F)F)c1O. The summed E-state index contributed by atoms with van der Waals surface area (Å²) in [6, 6.07) is 3.35. The quantitative estimate of drug-likeness (QED) is 0.218. The Bertz CT molecular complexity index is 1090. The van der Waals surface area contributed by atoms with Gasteiger partial charge in [0.2, 0.25) is 0 Å². The molecule has 1 rings (SSSR count). The Morgan fingerprint density at radius 1 is 0.711 bits per heavy atom. The molecule has 0 aliphatic carbocycles. The second kappa shape index (κ2) is 8.18. The molecule has 0 aliphatic rings. The molecular weight excluding hydrogens is 601 g/mol. The highest BCUT2D eigenvalue weighted by Crippen LogP contribution is 3.06. The molecule has 0 amide bonds. The van der Waals surface area contributed by atoms with Gasteiger partial charge in [-0.2, -0.15) is 52.7 Å². The fraction of sp³-hybridized carbons (Fsp3) is 0.611. The van der Waals surface area contributed by atoms with E-state index in [0.29, 0.717) is 0 Å². The third kappa shape index (κ3) is 5.07. The van der Waals surface area contributed by atoms with Crippen LogP contribution >= 0.6 is 10.2 Å². The molecule has 0 saturated heterocycles. The van der Waals surface area contributed by atoms with E-state index in [0.717, 1.165) is 12.1 Å². The first-order chi connectivity index (χ1) is 16.1. The lowest BCUT2D eigenvalue weighted by Crippen LogP contribution is -2.72. The number of hydrogen-bond donors (Lipinski definition) is 1. The van der Waals surface area contributed by atoms with E-state index in [2.05, 4.69) is 4.99 Å². The second-order valence-corrected chi connectivity index (χ2v) is 11.4. The molecule has 0 atom stereocenters. The van der Waals surface area contributed by atoms with Gasteiger partial charge in [-0.15, -0.1) is 0 Å². The van der Waals surface area contributed by atoms with E-state index in [9.17, 15) is 77.2 Å². The van der Waals surface area contributed by atoms with Gasteiger partial charge < -0.3 is 5.11 Å². The fourth-order valence-corrected chi connectivity index (χ4v) is 3.29. The monoisotopic (exact) mass is 617 g/mol. The van der Waals surface area contributed by atoms with Crippen LogP contribution in [0.15, 0.2) is 23.2 Å². The van der Waals surface area contributed by atoms with Crippen LogP contribution in [0.1, 0.15) is 31.9 Å². The summed E-state index contributed by atoms with van der Waals surface area (Å²) in [4.78, 5) is 2.51. The van der Waals surface area contributed by atoms with Crippen LogP contribution in [-0.4, -0.2) is 52.7 Å². The maximum absolute atomic E-state index is 13.8. The summed E-state index contributed by atoms with van der Waals surface area (Å²) in [7, 11) is -13.2. The molecule has 0 bridgehead atoms. The first-order valence-electron chi connectivity index (χ1n) is 9.43. The van der Waals surface area contributed by atoms with Crippen molar-refractivity contribution < 1.29 is 77.2 Å². The summed E-state index contributed by atoms with van der Waals surface area (Å²) < 4.78 is 223. The number of para-hydroxylation sites is 1. The Labute approximate surface area is 202 Å². The van der Waals surface area contributed by atoms with E-state index in [-0.39, 0.29) is 11.8 Å². The Balaban J connectivity index is 3.51. The van der Waals surface area contributed by atoms with Crippen molar-refractivity contribution in [3.63, 3.8) is 0 Å². The van der Waals surface area contributed by atoms with Gasteiger partial charge in [0.1, 0.15) is 12.3 Å². The van der Waals surface area contributed by atoms with Crippen LogP contribution in [0.4, 0.5) is 72.1 Å². The van der Waals surface area contributed by atoms with Gasteiger partial charge in [-0.3, -0.25) is 4.99 Å². The standard InChI is InChI=1S/C18H16F17NOS/c1-12(2,3)10-6-4-5-9(11(10)37)7-36-8-13(19,20)14(21,22)15(23,24)16(25,26)17(27,28)18(29,30)38(31,32,33,34)35/h4-7,37H,8H2,1-3H3. The van der Waals surface area contributed by atoms with Crippen LogP contribution in [0.2, 0.25) is 0 Å². The van der Waals surface area contributed by atoms with Crippen LogP contribution in [-0.2, 0) is 5.41 Å². The summed E-state index contributed by atoms with van der Waals surface area (Å²) >= 11 is 0. The minimum Gasteiger partial charge on any atom is -0.507 e. The average molecular weight is 617 g/mol. The first kappa shape index (κ1) is 33.9. The molecule has 0 spiro atoms. The topological polar surface area (TPSA) is 32.6 Å². The van der Waals surface area contributed by atoms with Crippen LogP contribution in [0.25, 0.3) is 0 Å². The van der Waals surface area contributed by atoms with Crippen molar-refractivity contribution in [2.24, 2.45) is 4.99 Å². The first-order valence-corrected chi connectivity index (χ1v) is 11.4. The predicted octanol–water partition coefficient (Wildman–Crippen LogP) is 9.18. The van der Waals surface area contributed by atoms with Crippen molar-refractivity contribution in [3.05, 3.63) is 29.3 Å². The summed E-state index contributed by atoms with van der Waals surface area (Å²) in [6.07, 6.45) is 0.113. The molecule has 1 aromatic rings. The van der Waals surface area contributed by atoms with Gasteiger partial charge >= 0.3 is 45.1 Å². The Kier molecular flexibility index (Phi) is 7.30. The van der Waals surface area contributed by atoms with Gasteiger partial charge in [0.05, 0.1) is 0 Å². The molecule has 20 heteroatoms. The van der Waals surface area contributed by atoms with E-state index >= 15 is 0 Å². The number of halogens is 17. The Morgan fingerprint density at radius 3 is 1.53 bits per heavy atom. The molecule has 38 heavy (non-hydrogen) atoms. The second-order valence-electron chi connectivity index (χ2n) is 8.95. The fourth-order valence-electron chi connectivity index (χ4n) is 2.68. The largest absolute Gasteiger partial charge is 0.507 e. The number of phenolic OH excluding ortho intramolecular Hbond substituents is 1. The van der Waals surface area contributed by atoms with Crippen LogP contribution < -0.4 is 0 Å². The molecule has 0 fully saturated rings. The van der Waals surface area contributed by atoms with E-state index in [4.69, 9.17) is 0 Å². The van der Waals surface area contributed by atoms with Gasteiger partial charge in [0.15, 0.2) is 0 Å². The highest BCUT2D eigenvalue weighted by Gasteiger charge is 3.00. The number of hydrogen-bond acceptors (Lipinski definition) is 2. The normalized spacial score (nSPS) is 17.5. The van der Waals surface area contributed by atoms with E-state index in [1.54, 1.807) is 0 Å². The van der Waals surface area contributed by atoms with Gasteiger partial charge in [0, 0.05) is 11.8 Å². The van der Waals surface area contributed by atoms with Crippen molar-refractivity contribution in [2.75, 3.05) is 6.54 Å². The molecule has 1 N–H and O–H groups in total. The minimum absolute atomic E-state index is 0.0943. The smallest absolute Gasteiger partial charge is 0.450 e. The minimum atomic E-state index is -13.2. The third-order valence-electron chi connectivity index (χ3n) is 4.89. The average Bonchev–Trinajstić information content (AvgIpc) is 2.65. The summed E-state index contributed by atoms with van der Waals surface area (Å²) in [5.74, 6) is -41.7. The number of phenols is 1. The van der Waals surface area contributed by atoms with E-state index in [1.165, 1.54) is 26.8 Å². The number of alkyl halides is 12. The number of aliphatic imine (C=N–C) groups is 1. The molecular formula is C18H16F17NOS. The predicted molar refractivity (Wildman–Crippen MR) is 102 cm³/mol. The number of benzene rings is 1. The molecule has 0 heterocycles. The van der Waals surface area contributed by atoms with Crippen LogP contribution in [0.5, 0.6) is 5.75 Å².